The summed E-state index contributed by atoms with van der Waals surface area (Å²) in [6.45, 7) is 3.46. The Balaban J connectivity index is 2.37. The number of carbonyl (C=O) groups is 1. The minimum atomic E-state index is -0.0798. The Kier molecular flexibility index (Phi) is 5.07. The minimum absolute atomic E-state index is 0.0674. The first-order chi connectivity index (χ1) is 7.27. The van der Waals surface area contributed by atoms with Crippen molar-refractivity contribution in [2.45, 2.75) is 19.1 Å². The maximum atomic E-state index is 11.4. The van der Waals surface area contributed by atoms with E-state index in [0.717, 1.165) is 13.1 Å². The van der Waals surface area contributed by atoms with Gasteiger partial charge in [0.15, 0.2) is 0 Å². The molecule has 1 aliphatic rings. The van der Waals surface area contributed by atoms with Crippen LogP contribution in [0.3, 0.4) is 0 Å². The number of allylic oxidation sites excluding steroid dienone is 3. The molecule has 0 aromatic carbocycles. The average molecular weight is 210 g/mol. The first-order valence-electron chi connectivity index (χ1n) is 5.11. The number of methoxy groups -OCH3 is 1. The van der Waals surface area contributed by atoms with E-state index in [1.165, 1.54) is 6.08 Å². The normalized spacial score (nSPS) is 26.5. The molecule has 0 aromatic rings. The van der Waals surface area contributed by atoms with Crippen molar-refractivity contribution in [1.29, 1.82) is 0 Å². The summed E-state index contributed by atoms with van der Waals surface area (Å²) in [6.07, 6.45) is 7.01. The Morgan fingerprint density at radius 2 is 2.27 bits per heavy atom. The molecule has 1 aliphatic heterocycles. The molecule has 1 rings (SSSR count). The zero-order chi connectivity index (χ0) is 11.1. The number of ether oxygens (including phenoxy) is 1. The largest absolute Gasteiger partial charge is 0.378 e. The number of carbonyl (C=O) groups excluding carboxylic acids is 1. The van der Waals surface area contributed by atoms with Crippen LogP contribution in [0.1, 0.15) is 6.92 Å². The van der Waals surface area contributed by atoms with Crippen LogP contribution in [-0.2, 0) is 9.53 Å². The van der Waals surface area contributed by atoms with Gasteiger partial charge >= 0.3 is 0 Å². The number of rotatable bonds is 4. The van der Waals surface area contributed by atoms with Gasteiger partial charge in [0.2, 0.25) is 5.91 Å². The fourth-order valence-electron chi connectivity index (χ4n) is 1.53. The van der Waals surface area contributed by atoms with E-state index in [1.54, 1.807) is 13.2 Å². The molecule has 0 spiro atoms. The molecule has 2 N–H and O–H groups in total. The van der Waals surface area contributed by atoms with Crippen molar-refractivity contribution in [3.63, 3.8) is 0 Å². The van der Waals surface area contributed by atoms with E-state index in [9.17, 15) is 4.79 Å². The molecule has 1 unspecified atom stereocenters. The molecule has 4 heteroatoms. The summed E-state index contributed by atoms with van der Waals surface area (Å²) in [4.78, 5) is 11.4. The number of nitrogens with one attached hydrogen (secondary N) is 2. The maximum Gasteiger partial charge on any atom is 0.244 e. The van der Waals surface area contributed by atoms with Gasteiger partial charge in [-0.05, 0) is 6.92 Å². The third-order valence-corrected chi connectivity index (χ3v) is 2.34. The van der Waals surface area contributed by atoms with Crippen molar-refractivity contribution in [2.24, 2.45) is 0 Å². The first kappa shape index (κ1) is 11.9. The number of hydrogen-bond donors (Lipinski definition) is 2. The lowest BCUT2D eigenvalue weighted by Crippen LogP contribution is -2.42. The molecular formula is C11H18N2O2. The van der Waals surface area contributed by atoms with Crippen LogP contribution in [0.2, 0.25) is 0 Å². The Morgan fingerprint density at radius 3 is 2.93 bits per heavy atom. The van der Waals surface area contributed by atoms with Gasteiger partial charge in [0, 0.05) is 26.3 Å². The lowest BCUT2D eigenvalue weighted by atomic mass is 10.2. The quantitative estimate of drug-likeness (QED) is 0.515. The van der Waals surface area contributed by atoms with Crippen molar-refractivity contribution in [2.75, 3.05) is 20.2 Å². The lowest BCUT2D eigenvalue weighted by molar-refractivity contribution is -0.117. The highest BCUT2D eigenvalue weighted by atomic mass is 16.5. The van der Waals surface area contributed by atoms with Crippen LogP contribution in [0.5, 0.6) is 0 Å². The molecule has 0 aliphatic carbocycles. The molecule has 1 fully saturated rings. The van der Waals surface area contributed by atoms with Crippen LogP contribution < -0.4 is 10.6 Å². The second-order valence-corrected chi connectivity index (χ2v) is 3.43. The molecular weight excluding hydrogens is 192 g/mol. The van der Waals surface area contributed by atoms with Crippen LogP contribution in [0.25, 0.3) is 0 Å². The first-order valence-corrected chi connectivity index (χ1v) is 5.11. The van der Waals surface area contributed by atoms with E-state index in [4.69, 9.17) is 4.74 Å². The monoisotopic (exact) mass is 210 g/mol. The van der Waals surface area contributed by atoms with Crippen LogP contribution in [0.4, 0.5) is 0 Å². The summed E-state index contributed by atoms with van der Waals surface area (Å²) >= 11 is 0. The number of hydrogen-bond acceptors (Lipinski definition) is 3. The Bertz CT molecular complexity index is 261. The zero-order valence-electron chi connectivity index (χ0n) is 9.19. The van der Waals surface area contributed by atoms with Crippen molar-refractivity contribution in [3.8, 4) is 0 Å². The van der Waals surface area contributed by atoms with Crippen molar-refractivity contribution < 1.29 is 9.53 Å². The summed E-state index contributed by atoms with van der Waals surface area (Å²) in [5, 5.41) is 6.06. The van der Waals surface area contributed by atoms with E-state index >= 15 is 0 Å². The van der Waals surface area contributed by atoms with Crippen LogP contribution >= 0.6 is 0 Å². The molecule has 0 aromatic heterocycles. The molecule has 15 heavy (non-hydrogen) atoms. The van der Waals surface area contributed by atoms with Gasteiger partial charge < -0.3 is 15.4 Å². The topological polar surface area (TPSA) is 50.4 Å². The fourth-order valence-corrected chi connectivity index (χ4v) is 1.53. The predicted octanol–water partition coefficient (Wildman–Crippen LogP) is 0.222. The van der Waals surface area contributed by atoms with E-state index in [-0.39, 0.29) is 18.1 Å². The molecule has 0 radical (unpaired) electrons. The molecule has 0 saturated carbocycles. The van der Waals surface area contributed by atoms with Gasteiger partial charge in [-0.1, -0.05) is 18.2 Å². The van der Waals surface area contributed by atoms with Crippen molar-refractivity contribution in [1.82, 2.24) is 10.6 Å². The van der Waals surface area contributed by atoms with E-state index < -0.39 is 0 Å². The molecule has 4 nitrogen and oxygen atoms in total. The SMILES string of the molecule is C/C=C/C=C/C(=O)NC1CNC[C@@H]1OC. The smallest absolute Gasteiger partial charge is 0.244 e. The highest BCUT2D eigenvalue weighted by molar-refractivity contribution is 5.88. The van der Waals surface area contributed by atoms with Crippen molar-refractivity contribution in [3.05, 3.63) is 24.3 Å². The van der Waals surface area contributed by atoms with Gasteiger partial charge in [0.25, 0.3) is 0 Å². The van der Waals surface area contributed by atoms with Crippen LogP contribution in [0.15, 0.2) is 24.3 Å². The third kappa shape index (κ3) is 3.85. The molecule has 1 amide bonds. The third-order valence-electron chi connectivity index (χ3n) is 2.34. The molecule has 2 atom stereocenters. The highest BCUT2D eigenvalue weighted by Crippen LogP contribution is 2.03. The maximum absolute atomic E-state index is 11.4. The van der Waals surface area contributed by atoms with Gasteiger partial charge in [0.1, 0.15) is 0 Å². The summed E-state index contributed by atoms with van der Waals surface area (Å²) < 4.78 is 5.23. The van der Waals surface area contributed by atoms with Gasteiger partial charge in [-0.15, -0.1) is 0 Å². The van der Waals surface area contributed by atoms with E-state index in [1.807, 2.05) is 19.1 Å². The lowest BCUT2D eigenvalue weighted by Gasteiger charge is -2.17. The Labute approximate surface area is 90.4 Å². The fraction of sp³-hybridized carbons (Fsp3) is 0.545. The summed E-state index contributed by atoms with van der Waals surface area (Å²) in [6, 6.07) is 0.0674. The standard InChI is InChI=1S/C11H18N2O2/c1-3-4-5-6-11(14)13-9-7-12-8-10(9)15-2/h3-6,9-10,12H,7-8H2,1-2H3,(H,13,14)/b4-3+,6-5+/t9?,10-/m0/s1. The average Bonchev–Trinajstić information content (AvgIpc) is 2.65. The molecule has 1 heterocycles. The van der Waals surface area contributed by atoms with Gasteiger partial charge in [-0.25, -0.2) is 0 Å². The second-order valence-electron chi connectivity index (χ2n) is 3.43. The second kappa shape index (κ2) is 6.37. The van der Waals surface area contributed by atoms with Gasteiger partial charge in [-0.3, -0.25) is 4.79 Å². The van der Waals surface area contributed by atoms with Gasteiger partial charge in [0.05, 0.1) is 12.1 Å². The minimum Gasteiger partial charge on any atom is -0.378 e. The highest BCUT2D eigenvalue weighted by Gasteiger charge is 2.27. The molecule has 0 bridgehead atoms. The van der Waals surface area contributed by atoms with Gasteiger partial charge in [-0.2, -0.15) is 0 Å². The predicted molar refractivity (Wildman–Crippen MR) is 59.6 cm³/mol. The molecule has 84 valence electrons. The summed E-state index contributed by atoms with van der Waals surface area (Å²) in [7, 11) is 1.66. The molecule has 1 saturated heterocycles. The number of amides is 1. The summed E-state index contributed by atoms with van der Waals surface area (Å²) in [5.41, 5.74) is 0. The Hall–Kier alpha value is -1.13. The van der Waals surface area contributed by atoms with Crippen LogP contribution in [-0.4, -0.2) is 38.3 Å². The van der Waals surface area contributed by atoms with Crippen molar-refractivity contribution >= 4 is 5.91 Å². The summed E-state index contributed by atoms with van der Waals surface area (Å²) in [5.74, 6) is -0.0798. The zero-order valence-corrected chi connectivity index (χ0v) is 9.19. The van der Waals surface area contributed by atoms with Crippen LogP contribution in [0, 0.1) is 0 Å². The van der Waals surface area contributed by atoms with E-state index in [2.05, 4.69) is 10.6 Å². The van der Waals surface area contributed by atoms with E-state index in [0.29, 0.717) is 0 Å². The Morgan fingerprint density at radius 1 is 1.47 bits per heavy atom.